The van der Waals surface area contributed by atoms with Gasteiger partial charge in [0.1, 0.15) is 17.2 Å². The van der Waals surface area contributed by atoms with Crippen LogP contribution in [0.1, 0.15) is 11.1 Å². The maximum Gasteiger partial charge on any atom is 0.161 e. The summed E-state index contributed by atoms with van der Waals surface area (Å²) < 4.78 is 42.8. The van der Waals surface area contributed by atoms with Crippen LogP contribution in [-0.4, -0.2) is 20.3 Å². The van der Waals surface area contributed by atoms with Crippen molar-refractivity contribution in [3.63, 3.8) is 0 Å². The van der Waals surface area contributed by atoms with E-state index >= 15 is 0 Å². The Morgan fingerprint density at radius 1 is 0.929 bits per heavy atom. The number of halogens is 3. The molecule has 3 N–H and O–H groups in total. The molecule has 2 aromatic carbocycles. The molecule has 140 valence electrons. The number of hydrogen-bond donors (Lipinski definition) is 2. The second kappa shape index (κ2) is 6.73. The highest BCUT2D eigenvalue weighted by Gasteiger charge is 2.19. The third kappa shape index (κ3) is 2.84. The van der Waals surface area contributed by atoms with Crippen molar-refractivity contribution in [2.24, 2.45) is 5.16 Å². The molecule has 0 bridgehead atoms. The van der Waals surface area contributed by atoms with Crippen LogP contribution in [0.15, 0.2) is 65.9 Å². The Morgan fingerprint density at radius 2 is 1.64 bits per heavy atom. The number of rotatable bonds is 3. The van der Waals surface area contributed by atoms with Gasteiger partial charge in [-0.1, -0.05) is 35.5 Å². The first-order valence-corrected chi connectivity index (χ1v) is 8.20. The number of nitrogens with zero attached hydrogens (tertiary/aromatic N) is 3. The van der Waals surface area contributed by atoms with E-state index in [9.17, 15) is 18.4 Å². The molecule has 0 fully saturated rings. The minimum atomic E-state index is -1.30. The van der Waals surface area contributed by atoms with Gasteiger partial charge < -0.3 is 10.9 Å². The standard InChI is InChI=1S/C20H13F3N4O/c21-14-9-16(23)15(22)8-13(14)19-20(24)25-17-7-6-12(10-27(17)19)18(26-28)11-4-2-1-3-5-11/h1-10,28H,24H2. The molecule has 4 rings (SSSR count). The van der Waals surface area contributed by atoms with Crippen LogP contribution in [0.3, 0.4) is 0 Å². The Morgan fingerprint density at radius 3 is 2.36 bits per heavy atom. The van der Waals surface area contributed by atoms with Crippen LogP contribution in [0.5, 0.6) is 0 Å². The fourth-order valence-electron chi connectivity index (χ4n) is 3.05. The van der Waals surface area contributed by atoms with E-state index in [2.05, 4.69) is 10.1 Å². The number of aromatic nitrogens is 2. The Bertz CT molecular complexity index is 1220. The minimum Gasteiger partial charge on any atom is -0.410 e. The molecule has 4 aromatic rings. The van der Waals surface area contributed by atoms with Gasteiger partial charge in [0.05, 0.1) is 5.69 Å². The second-order valence-corrected chi connectivity index (χ2v) is 6.05. The molecule has 0 aliphatic rings. The number of pyridine rings is 1. The lowest BCUT2D eigenvalue weighted by Gasteiger charge is -2.09. The number of imidazole rings is 1. The molecule has 0 radical (unpaired) electrons. The summed E-state index contributed by atoms with van der Waals surface area (Å²) in [6.07, 6.45) is 1.54. The number of fused-ring (bicyclic) bond motifs is 1. The molecular weight excluding hydrogens is 369 g/mol. The van der Waals surface area contributed by atoms with Gasteiger partial charge in [-0.3, -0.25) is 4.40 Å². The molecule has 0 aliphatic heterocycles. The zero-order valence-electron chi connectivity index (χ0n) is 14.3. The first-order valence-electron chi connectivity index (χ1n) is 8.20. The number of nitrogen functional groups attached to an aromatic ring is 1. The summed E-state index contributed by atoms with van der Waals surface area (Å²) in [5, 5.41) is 12.9. The van der Waals surface area contributed by atoms with E-state index < -0.39 is 17.5 Å². The smallest absolute Gasteiger partial charge is 0.161 e. The van der Waals surface area contributed by atoms with E-state index in [-0.39, 0.29) is 22.8 Å². The molecule has 0 atom stereocenters. The highest BCUT2D eigenvalue weighted by molar-refractivity contribution is 6.12. The molecule has 0 saturated heterocycles. The van der Waals surface area contributed by atoms with Gasteiger partial charge in [-0.15, -0.1) is 0 Å². The highest BCUT2D eigenvalue weighted by Crippen LogP contribution is 2.31. The molecule has 0 spiro atoms. The predicted octanol–water partition coefficient (Wildman–Crippen LogP) is 4.23. The average molecular weight is 382 g/mol. The van der Waals surface area contributed by atoms with Crippen molar-refractivity contribution in [2.75, 3.05) is 5.73 Å². The summed E-state index contributed by atoms with van der Waals surface area (Å²) in [6.45, 7) is 0. The zero-order valence-corrected chi connectivity index (χ0v) is 14.3. The van der Waals surface area contributed by atoms with Gasteiger partial charge in [0, 0.05) is 29.0 Å². The summed E-state index contributed by atoms with van der Waals surface area (Å²) in [5.41, 5.74) is 7.53. The van der Waals surface area contributed by atoms with Crippen LogP contribution in [-0.2, 0) is 0 Å². The predicted molar refractivity (Wildman–Crippen MR) is 98.8 cm³/mol. The minimum absolute atomic E-state index is 0.0516. The number of nitrogens with two attached hydrogens (primary N) is 1. The lowest BCUT2D eigenvalue weighted by Crippen LogP contribution is -2.05. The van der Waals surface area contributed by atoms with E-state index in [4.69, 9.17) is 5.73 Å². The highest BCUT2D eigenvalue weighted by atomic mass is 19.2. The Hall–Kier alpha value is -3.81. The second-order valence-electron chi connectivity index (χ2n) is 6.05. The SMILES string of the molecule is Nc1nc2ccc(C(=NO)c3ccccc3)cn2c1-c1cc(F)c(F)cc1F. The van der Waals surface area contributed by atoms with Gasteiger partial charge in [0.15, 0.2) is 17.5 Å². The first-order chi connectivity index (χ1) is 13.5. The third-order valence-electron chi connectivity index (χ3n) is 4.33. The molecule has 2 aromatic heterocycles. The molecule has 0 amide bonds. The van der Waals surface area contributed by atoms with E-state index in [0.717, 1.165) is 6.07 Å². The van der Waals surface area contributed by atoms with Crippen LogP contribution < -0.4 is 5.73 Å². The summed E-state index contributed by atoms with van der Waals surface area (Å²) >= 11 is 0. The van der Waals surface area contributed by atoms with Crippen molar-refractivity contribution in [1.29, 1.82) is 0 Å². The van der Waals surface area contributed by atoms with Crippen LogP contribution in [0.4, 0.5) is 19.0 Å². The average Bonchev–Trinajstić information content (AvgIpc) is 3.01. The first kappa shape index (κ1) is 17.6. The van der Waals surface area contributed by atoms with Crippen molar-refractivity contribution >= 4 is 17.2 Å². The van der Waals surface area contributed by atoms with Gasteiger partial charge >= 0.3 is 0 Å². The normalized spacial score (nSPS) is 11.9. The molecule has 2 heterocycles. The van der Waals surface area contributed by atoms with Crippen LogP contribution in [0.2, 0.25) is 0 Å². The molecule has 5 nitrogen and oxygen atoms in total. The summed E-state index contributed by atoms with van der Waals surface area (Å²) in [5.74, 6) is -3.53. The zero-order chi connectivity index (χ0) is 19.8. The maximum atomic E-state index is 14.3. The molecule has 8 heteroatoms. The van der Waals surface area contributed by atoms with Crippen molar-refractivity contribution in [3.8, 4) is 11.3 Å². The lowest BCUT2D eigenvalue weighted by atomic mass is 10.0. The number of anilines is 1. The summed E-state index contributed by atoms with van der Waals surface area (Å²) in [7, 11) is 0. The van der Waals surface area contributed by atoms with Gasteiger partial charge in [-0.05, 0) is 18.2 Å². The molecule has 0 saturated carbocycles. The molecular formula is C20H13F3N4O. The van der Waals surface area contributed by atoms with Gasteiger partial charge in [-0.2, -0.15) is 0 Å². The quantitative estimate of drug-likeness (QED) is 0.241. The monoisotopic (exact) mass is 382 g/mol. The molecule has 28 heavy (non-hydrogen) atoms. The number of oxime groups is 1. The summed E-state index contributed by atoms with van der Waals surface area (Å²) in [4.78, 5) is 4.14. The van der Waals surface area contributed by atoms with Crippen LogP contribution in [0, 0.1) is 17.5 Å². The van der Waals surface area contributed by atoms with Gasteiger partial charge in [-0.25, -0.2) is 18.2 Å². The largest absolute Gasteiger partial charge is 0.410 e. The Balaban J connectivity index is 1.94. The fourth-order valence-corrected chi connectivity index (χ4v) is 3.05. The lowest BCUT2D eigenvalue weighted by molar-refractivity contribution is 0.319. The fraction of sp³-hybridized carbons (Fsp3) is 0. The maximum absolute atomic E-state index is 14.3. The van der Waals surface area contributed by atoms with Crippen LogP contribution in [0.25, 0.3) is 16.9 Å². The number of hydrogen-bond acceptors (Lipinski definition) is 4. The van der Waals surface area contributed by atoms with E-state index in [1.807, 2.05) is 6.07 Å². The Kier molecular flexibility index (Phi) is 4.23. The van der Waals surface area contributed by atoms with E-state index in [0.29, 0.717) is 22.8 Å². The molecule has 0 unspecified atom stereocenters. The third-order valence-corrected chi connectivity index (χ3v) is 4.33. The topological polar surface area (TPSA) is 75.9 Å². The van der Waals surface area contributed by atoms with Crippen molar-refractivity contribution < 1.29 is 18.4 Å². The van der Waals surface area contributed by atoms with Crippen molar-refractivity contribution in [1.82, 2.24) is 9.38 Å². The van der Waals surface area contributed by atoms with Crippen LogP contribution >= 0.6 is 0 Å². The Labute approximate surface area is 157 Å². The van der Waals surface area contributed by atoms with E-state index in [1.165, 1.54) is 10.6 Å². The van der Waals surface area contributed by atoms with Gasteiger partial charge in [0.25, 0.3) is 0 Å². The van der Waals surface area contributed by atoms with E-state index in [1.54, 1.807) is 36.4 Å². The van der Waals surface area contributed by atoms with Crippen molar-refractivity contribution in [2.45, 2.75) is 0 Å². The summed E-state index contributed by atoms with van der Waals surface area (Å²) in [6, 6.07) is 13.4. The van der Waals surface area contributed by atoms with Gasteiger partial charge in [0.2, 0.25) is 0 Å². The number of benzene rings is 2. The van der Waals surface area contributed by atoms with Crippen molar-refractivity contribution in [3.05, 3.63) is 89.4 Å². The molecule has 0 aliphatic carbocycles.